The molecule has 5 rings (SSSR count). The number of urea groups is 1. The average molecular weight is 411 g/mol. The van der Waals surface area contributed by atoms with E-state index in [1.807, 2.05) is 0 Å². The first-order valence-electron chi connectivity index (χ1n) is 8.30. The zero-order valence-corrected chi connectivity index (χ0v) is 15.7. The molecular weight excluding hydrogens is 398 g/mol. The van der Waals surface area contributed by atoms with Crippen molar-refractivity contribution in [2.45, 2.75) is 0 Å². The van der Waals surface area contributed by atoms with Crippen LogP contribution in [0, 0.1) is 0 Å². The van der Waals surface area contributed by atoms with Crippen molar-refractivity contribution in [3.63, 3.8) is 0 Å². The molecule has 5 aromatic heterocycles. The van der Waals surface area contributed by atoms with E-state index in [2.05, 4.69) is 35.8 Å². The third kappa shape index (κ3) is 3.34. The molecule has 29 heavy (non-hydrogen) atoms. The molecule has 0 aromatic carbocycles. The first-order chi connectivity index (χ1) is 13.7. The molecule has 0 aliphatic carbocycles. The van der Waals surface area contributed by atoms with Crippen LogP contribution in [0.3, 0.4) is 0 Å². The highest BCUT2D eigenvalue weighted by Gasteiger charge is 2.19. The standard InChI is InChI=1S/C17H13N9O2.ClH/c1-25-9-10-13(23-25)21-16(22-17(27)19-12-6-2-3-7-18-12)26-15(10)20-14(24-26)11-5-4-8-28-11;/h2-9H,1H3,(H2,18,19,21,22,23,27);1H/p-1. The number of pyridine rings is 1. The Labute approximate surface area is 169 Å². The van der Waals surface area contributed by atoms with Crippen LogP contribution in [-0.4, -0.2) is 40.4 Å². The number of nitrogens with zero attached hydrogens (tertiary/aromatic N) is 7. The van der Waals surface area contributed by atoms with Gasteiger partial charge in [-0.3, -0.25) is 15.3 Å². The monoisotopic (exact) mass is 410 g/mol. The molecule has 5 aromatic rings. The SMILES string of the molecule is Cn1cc2c(nc(NC(=O)Nc3ccccn3)n3nc(-c4ccco4)nc23)n1.[Cl-]. The Morgan fingerprint density at radius 1 is 1.10 bits per heavy atom. The number of hydrogen-bond donors (Lipinski definition) is 2. The van der Waals surface area contributed by atoms with Gasteiger partial charge in [-0.2, -0.15) is 14.6 Å². The number of rotatable bonds is 3. The summed E-state index contributed by atoms with van der Waals surface area (Å²) in [7, 11) is 1.78. The molecule has 0 aliphatic heterocycles. The van der Waals surface area contributed by atoms with Crippen molar-refractivity contribution < 1.29 is 21.6 Å². The molecule has 0 fully saturated rings. The summed E-state index contributed by atoms with van der Waals surface area (Å²) in [5.41, 5.74) is 0.930. The fourth-order valence-corrected chi connectivity index (χ4v) is 2.78. The lowest BCUT2D eigenvalue weighted by Crippen LogP contribution is -3.00. The van der Waals surface area contributed by atoms with Crippen LogP contribution in [0.4, 0.5) is 16.6 Å². The van der Waals surface area contributed by atoms with Gasteiger partial charge in [0.05, 0.1) is 11.6 Å². The predicted molar refractivity (Wildman–Crippen MR) is 99.6 cm³/mol. The second-order valence-electron chi connectivity index (χ2n) is 5.92. The van der Waals surface area contributed by atoms with E-state index in [1.165, 1.54) is 4.52 Å². The summed E-state index contributed by atoms with van der Waals surface area (Å²) < 4.78 is 8.44. The lowest BCUT2D eigenvalue weighted by atomic mass is 10.4. The van der Waals surface area contributed by atoms with Gasteiger partial charge in [-0.15, -0.1) is 5.10 Å². The number of aryl methyl sites for hydroxylation is 1. The number of nitrogens with one attached hydrogen (secondary N) is 2. The molecule has 0 saturated carbocycles. The topological polar surface area (TPSA) is 128 Å². The highest BCUT2D eigenvalue weighted by Crippen LogP contribution is 2.23. The molecule has 11 nitrogen and oxygen atoms in total. The van der Waals surface area contributed by atoms with Gasteiger partial charge in [0.25, 0.3) is 0 Å². The number of fused-ring (bicyclic) bond motifs is 3. The Balaban J connectivity index is 0.00000205. The van der Waals surface area contributed by atoms with E-state index in [-0.39, 0.29) is 18.4 Å². The molecule has 0 atom stereocenters. The van der Waals surface area contributed by atoms with Gasteiger partial charge in [0.1, 0.15) is 5.82 Å². The Morgan fingerprint density at radius 3 is 2.76 bits per heavy atom. The van der Waals surface area contributed by atoms with Crippen LogP contribution in [0.25, 0.3) is 28.3 Å². The van der Waals surface area contributed by atoms with Gasteiger partial charge in [0.15, 0.2) is 17.1 Å². The number of carbonyl (C=O) groups is 1. The molecule has 12 heteroatoms. The average Bonchev–Trinajstić information content (AvgIpc) is 3.40. The number of halogens is 1. The van der Waals surface area contributed by atoms with Gasteiger partial charge >= 0.3 is 6.03 Å². The number of anilines is 2. The van der Waals surface area contributed by atoms with Crippen LogP contribution in [0.2, 0.25) is 0 Å². The highest BCUT2D eigenvalue weighted by atomic mass is 35.5. The van der Waals surface area contributed by atoms with Gasteiger partial charge < -0.3 is 16.8 Å². The van der Waals surface area contributed by atoms with E-state index in [9.17, 15) is 4.79 Å². The van der Waals surface area contributed by atoms with Crippen molar-refractivity contribution in [1.29, 1.82) is 0 Å². The highest BCUT2D eigenvalue weighted by molar-refractivity contribution is 5.99. The maximum atomic E-state index is 12.4. The first-order valence-corrected chi connectivity index (χ1v) is 8.30. The summed E-state index contributed by atoms with van der Waals surface area (Å²) in [5, 5.41) is 14.7. The molecule has 0 unspecified atom stereocenters. The first kappa shape index (κ1) is 18.4. The number of furan rings is 1. The zero-order valence-electron chi connectivity index (χ0n) is 14.9. The largest absolute Gasteiger partial charge is 1.00 e. The Kier molecular flexibility index (Phi) is 4.56. The second kappa shape index (κ2) is 7.20. The Hall–Kier alpha value is -3.99. The van der Waals surface area contributed by atoms with Crippen molar-refractivity contribution in [1.82, 2.24) is 34.3 Å². The summed E-state index contributed by atoms with van der Waals surface area (Å²) in [6, 6.07) is 8.19. The van der Waals surface area contributed by atoms with Crippen LogP contribution < -0.4 is 23.0 Å². The number of hydrogen-bond acceptors (Lipinski definition) is 7. The second-order valence-corrected chi connectivity index (χ2v) is 5.92. The van der Waals surface area contributed by atoms with Crippen LogP contribution in [0.15, 0.2) is 53.4 Å². The molecule has 0 aliphatic rings. The van der Waals surface area contributed by atoms with Crippen molar-refractivity contribution >= 4 is 34.5 Å². The third-order valence-electron chi connectivity index (χ3n) is 3.94. The van der Waals surface area contributed by atoms with Gasteiger partial charge in [-0.1, -0.05) is 6.07 Å². The van der Waals surface area contributed by atoms with Gasteiger partial charge in [-0.05, 0) is 24.3 Å². The van der Waals surface area contributed by atoms with E-state index in [0.717, 1.165) is 0 Å². The maximum Gasteiger partial charge on any atom is 0.327 e. The van der Waals surface area contributed by atoms with Crippen molar-refractivity contribution in [2.75, 3.05) is 10.6 Å². The minimum Gasteiger partial charge on any atom is -1.00 e. The molecule has 5 heterocycles. The number of carbonyl (C=O) groups excluding carboxylic acids is 1. The van der Waals surface area contributed by atoms with Crippen LogP contribution >= 0.6 is 0 Å². The quantitative estimate of drug-likeness (QED) is 0.403. The molecule has 0 radical (unpaired) electrons. The van der Waals surface area contributed by atoms with Gasteiger partial charge in [0.2, 0.25) is 11.8 Å². The van der Waals surface area contributed by atoms with Crippen LogP contribution in [0.1, 0.15) is 0 Å². The van der Waals surface area contributed by atoms with E-state index in [0.29, 0.717) is 34.1 Å². The lowest BCUT2D eigenvalue weighted by Gasteiger charge is -2.07. The number of aromatic nitrogens is 7. The normalized spacial score (nSPS) is 10.8. The van der Waals surface area contributed by atoms with E-state index >= 15 is 0 Å². The molecular formula is C17H13ClN9O2-. The fourth-order valence-electron chi connectivity index (χ4n) is 2.78. The van der Waals surface area contributed by atoms with Crippen molar-refractivity contribution in [3.05, 3.63) is 49.0 Å². The van der Waals surface area contributed by atoms with Crippen LogP contribution in [0.5, 0.6) is 0 Å². The molecule has 0 spiro atoms. The molecule has 2 amide bonds. The number of amides is 2. The molecule has 0 bridgehead atoms. The lowest BCUT2D eigenvalue weighted by molar-refractivity contribution is -0.00000943. The zero-order chi connectivity index (χ0) is 19.1. The molecule has 146 valence electrons. The fraction of sp³-hybridized carbons (Fsp3) is 0.0588. The summed E-state index contributed by atoms with van der Waals surface area (Å²) in [6.07, 6.45) is 4.91. The minimum absolute atomic E-state index is 0. The Bertz CT molecular complexity index is 1300. The van der Waals surface area contributed by atoms with E-state index in [4.69, 9.17) is 4.42 Å². The van der Waals surface area contributed by atoms with E-state index < -0.39 is 6.03 Å². The minimum atomic E-state index is -0.516. The van der Waals surface area contributed by atoms with Crippen molar-refractivity contribution in [3.8, 4) is 11.6 Å². The summed E-state index contributed by atoms with van der Waals surface area (Å²) in [5.74, 6) is 1.45. The summed E-state index contributed by atoms with van der Waals surface area (Å²) in [6.45, 7) is 0. The smallest absolute Gasteiger partial charge is 0.327 e. The van der Waals surface area contributed by atoms with Crippen LogP contribution in [-0.2, 0) is 7.05 Å². The molecule has 2 N–H and O–H groups in total. The maximum absolute atomic E-state index is 12.4. The van der Waals surface area contributed by atoms with Gasteiger partial charge in [-0.25, -0.2) is 14.8 Å². The van der Waals surface area contributed by atoms with E-state index in [1.54, 1.807) is 60.7 Å². The predicted octanol–water partition coefficient (Wildman–Crippen LogP) is -0.686. The summed E-state index contributed by atoms with van der Waals surface area (Å²) in [4.78, 5) is 25.4. The molecule has 0 saturated heterocycles. The summed E-state index contributed by atoms with van der Waals surface area (Å²) >= 11 is 0. The van der Waals surface area contributed by atoms with Gasteiger partial charge in [0, 0.05) is 19.4 Å². The van der Waals surface area contributed by atoms with Crippen molar-refractivity contribution in [2.24, 2.45) is 7.05 Å². The Morgan fingerprint density at radius 2 is 2.00 bits per heavy atom. The third-order valence-corrected chi connectivity index (χ3v) is 3.94.